The average molecular weight is 173 g/mol. The number of nitrogen functional groups attached to an aromatic ring is 1. The van der Waals surface area contributed by atoms with Crippen LogP contribution in [0.5, 0.6) is 0 Å². The highest BCUT2D eigenvalue weighted by Gasteiger charge is 2.09. The molecular weight excluding hydrogens is 162 g/mol. The smallest absolute Gasteiger partial charge is 0.137 e. The molecule has 1 aromatic heterocycles. The van der Waals surface area contributed by atoms with Crippen LogP contribution in [-0.2, 0) is 11.0 Å². The fourth-order valence-electron chi connectivity index (χ4n) is 0.880. The zero-order valence-electron chi connectivity index (χ0n) is 6.79. The van der Waals surface area contributed by atoms with E-state index in [1.165, 1.54) is 4.09 Å². The molecular formula is C6H11N3OS. The van der Waals surface area contributed by atoms with E-state index in [2.05, 4.69) is 5.10 Å². The predicted molar refractivity (Wildman–Crippen MR) is 45.6 cm³/mol. The van der Waals surface area contributed by atoms with Crippen molar-refractivity contribution in [3.05, 3.63) is 11.4 Å². The SMILES string of the molecule is Cc1nn(S(C)=O)c(C)c1N. The molecule has 4 nitrogen and oxygen atoms in total. The summed E-state index contributed by atoms with van der Waals surface area (Å²) in [6, 6.07) is 0. The van der Waals surface area contributed by atoms with Crippen LogP contribution in [0.15, 0.2) is 0 Å². The maximum atomic E-state index is 11.0. The minimum absolute atomic E-state index is 0.625. The van der Waals surface area contributed by atoms with Gasteiger partial charge in [0.2, 0.25) is 0 Å². The number of nitrogens with zero attached hydrogens (tertiary/aromatic N) is 2. The molecule has 11 heavy (non-hydrogen) atoms. The zero-order valence-corrected chi connectivity index (χ0v) is 7.60. The van der Waals surface area contributed by atoms with Gasteiger partial charge in [-0.1, -0.05) is 0 Å². The molecule has 1 rings (SSSR count). The van der Waals surface area contributed by atoms with Gasteiger partial charge >= 0.3 is 0 Å². The van der Waals surface area contributed by atoms with Gasteiger partial charge in [0.1, 0.15) is 11.0 Å². The summed E-state index contributed by atoms with van der Waals surface area (Å²) in [5.41, 5.74) is 7.75. The van der Waals surface area contributed by atoms with Crippen molar-refractivity contribution < 1.29 is 4.21 Å². The molecule has 0 bridgehead atoms. The maximum absolute atomic E-state index is 11.0. The van der Waals surface area contributed by atoms with E-state index in [4.69, 9.17) is 5.73 Å². The van der Waals surface area contributed by atoms with Gasteiger partial charge in [-0.3, -0.25) is 0 Å². The molecule has 0 aliphatic heterocycles. The molecule has 62 valence electrons. The van der Waals surface area contributed by atoms with Crippen LogP contribution in [0.2, 0.25) is 0 Å². The fourth-order valence-corrected chi connectivity index (χ4v) is 1.60. The first-order valence-corrected chi connectivity index (χ1v) is 4.71. The summed E-state index contributed by atoms with van der Waals surface area (Å²) < 4.78 is 12.4. The van der Waals surface area contributed by atoms with Crippen molar-refractivity contribution >= 4 is 16.7 Å². The predicted octanol–water partition coefficient (Wildman–Crippen LogP) is 0.224. The van der Waals surface area contributed by atoms with E-state index in [0.717, 1.165) is 11.4 Å². The molecule has 0 spiro atoms. The van der Waals surface area contributed by atoms with Gasteiger partial charge in [0.15, 0.2) is 0 Å². The van der Waals surface area contributed by atoms with Gasteiger partial charge in [0.25, 0.3) is 0 Å². The van der Waals surface area contributed by atoms with Crippen LogP contribution in [0.1, 0.15) is 11.4 Å². The molecule has 1 heterocycles. The molecule has 0 radical (unpaired) electrons. The minimum atomic E-state index is -1.10. The van der Waals surface area contributed by atoms with Gasteiger partial charge in [0.05, 0.1) is 17.1 Å². The number of nitrogens with two attached hydrogens (primary N) is 1. The highest BCUT2D eigenvalue weighted by Crippen LogP contribution is 2.14. The summed E-state index contributed by atoms with van der Waals surface area (Å²) in [5.74, 6) is 0. The van der Waals surface area contributed by atoms with Gasteiger partial charge in [0, 0.05) is 6.26 Å². The van der Waals surface area contributed by atoms with Crippen LogP contribution in [0.3, 0.4) is 0 Å². The molecule has 0 aliphatic rings. The van der Waals surface area contributed by atoms with Gasteiger partial charge in [-0.05, 0) is 13.8 Å². The molecule has 0 saturated heterocycles. The van der Waals surface area contributed by atoms with Gasteiger partial charge < -0.3 is 5.73 Å². The first-order chi connectivity index (χ1) is 5.04. The monoisotopic (exact) mass is 173 g/mol. The van der Waals surface area contributed by atoms with E-state index >= 15 is 0 Å². The summed E-state index contributed by atoms with van der Waals surface area (Å²) in [6.07, 6.45) is 1.57. The number of aromatic nitrogens is 2. The van der Waals surface area contributed by atoms with Gasteiger partial charge in [-0.25, -0.2) is 4.21 Å². The number of anilines is 1. The first kappa shape index (κ1) is 8.26. The van der Waals surface area contributed by atoms with Crippen LogP contribution < -0.4 is 5.73 Å². The second kappa shape index (κ2) is 2.65. The third-order valence-electron chi connectivity index (χ3n) is 1.55. The van der Waals surface area contributed by atoms with Crippen LogP contribution in [0.4, 0.5) is 5.69 Å². The lowest BCUT2D eigenvalue weighted by atomic mass is 10.3. The lowest BCUT2D eigenvalue weighted by Gasteiger charge is -1.96. The Labute approximate surface area is 68.0 Å². The Morgan fingerprint density at radius 1 is 1.55 bits per heavy atom. The van der Waals surface area contributed by atoms with Crippen molar-refractivity contribution in [1.82, 2.24) is 9.19 Å². The molecule has 5 heteroatoms. The van der Waals surface area contributed by atoms with Crippen LogP contribution in [0.25, 0.3) is 0 Å². The molecule has 0 aliphatic carbocycles. The van der Waals surface area contributed by atoms with Gasteiger partial charge in [-0.15, -0.1) is 0 Å². The zero-order chi connectivity index (χ0) is 8.59. The van der Waals surface area contributed by atoms with E-state index in [1.54, 1.807) is 20.1 Å². The summed E-state index contributed by atoms with van der Waals surface area (Å²) >= 11 is 0. The molecule has 1 aromatic rings. The summed E-state index contributed by atoms with van der Waals surface area (Å²) in [6.45, 7) is 3.60. The number of rotatable bonds is 1. The summed E-state index contributed by atoms with van der Waals surface area (Å²) in [5, 5.41) is 4.00. The van der Waals surface area contributed by atoms with Crippen LogP contribution in [-0.4, -0.2) is 19.7 Å². The average Bonchev–Trinajstić information content (AvgIpc) is 2.17. The van der Waals surface area contributed by atoms with E-state index in [-0.39, 0.29) is 0 Å². The van der Waals surface area contributed by atoms with E-state index in [0.29, 0.717) is 5.69 Å². The Kier molecular flexibility index (Phi) is 1.99. The van der Waals surface area contributed by atoms with E-state index in [9.17, 15) is 4.21 Å². The van der Waals surface area contributed by atoms with E-state index in [1.807, 2.05) is 0 Å². The Balaban J connectivity index is 3.29. The third-order valence-corrected chi connectivity index (χ3v) is 2.39. The number of aryl methyl sites for hydroxylation is 1. The minimum Gasteiger partial charge on any atom is -0.396 e. The molecule has 0 amide bonds. The van der Waals surface area contributed by atoms with Crippen molar-refractivity contribution in [3.8, 4) is 0 Å². The topological polar surface area (TPSA) is 60.9 Å². The molecule has 0 saturated carbocycles. The fraction of sp³-hybridized carbons (Fsp3) is 0.500. The van der Waals surface area contributed by atoms with E-state index < -0.39 is 11.0 Å². The molecule has 1 atom stereocenters. The Hall–Kier alpha value is -0.840. The van der Waals surface area contributed by atoms with Crippen molar-refractivity contribution in [2.75, 3.05) is 12.0 Å². The number of hydrogen-bond acceptors (Lipinski definition) is 3. The lowest BCUT2D eigenvalue weighted by molar-refractivity contribution is 0.673. The Morgan fingerprint density at radius 3 is 2.27 bits per heavy atom. The quantitative estimate of drug-likeness (QED) is 0.661. The molecule has 0 fully saturated rings. The Morgan fingerprint density at radius 2 is 2.09 bits per heavy atom. The normalized spacial score (nSPS) is 13.4. The highest BCUT2D eigenvalue weighted by molar-refractivity contribution is 7.82. The van der Waals surface area contributed by atoms with Crippen molar-refractivity contribution in [3.63, 3.8) is 0 Å². The van der Waals surface area contributed by atoms with Crippen molar-refractivity contribution in [2.45, 2.75) is 13.8 Å². The molecule has 1 unspecified atom stereocenters. The van der Waals surface area contributed by atoms with Gasteiger partial charge in [-0.2, -0.15) is 9.19 Å². The van der Waals surface area contributed by atoms with Crippen LogP contribution >= 0.6 is 0 Å². The second-order valence-corrected chi connectivity index (χ2v) is 3.57. The lowest BCUT2D eigenvalue weighted by Crippen LogP contribution is -2.06. The Bertz CT molecular complexity index is 305. The van der Waals surface area contributed by atoms with Crippen molar-refractivity contribution in [1.29, 1.82) is 0 Å². The molecule has 0 aromatic carbocycles. The largest absolute Gasteiger partial charge is 0.396 e. The molecule has 2 N–H and O–H groups in total. The summed E-state index contributed by atoms with van der Waals surface area (Å²) in [7, 11) is -1.10. The first-order valence-electron chi connectivity index (χ1n) is 3.19. The van der Waals surface area contributed by atoms with Crippen LogP contribution in [0, 0.1) is 13.8 Å². The summed E-state index contributed by atoms with van der Waals surface area (Å²) in [4.78, 5) is 0. The third kappa shape index (κ3) is 1.28. The standard InChI is InChI=1S/C6H11N3OS/c1-4-6(7)5(2)9(8-4)11(3)10/h7H2,1-3H3. The highest BCUT2D eigenvalue weighted by atomic mass is 32.2. The second-order valence-electron chi connectivity index (χ2n) is 2.38. The number of hydrogen-bond donors (Lipinski definition) is 1. The maximum Gasteiger partial charge on any atom is 0.137 e. The van der Waals surface area contributed by atoms with Crippen molar-refractivity contribution in [2.24, 2.45) is 0 Å².